The van der Waals surface area contributed by atoms with Crippen molar-refractivity contribution in [1.82, 2.24) is 4.90 Å². The molecule has 0 aliphatic carbocycles. The van der Waals surface area contributed by atoms with Crippen molar-refractivity contribution in [2.75, 3.05) is 20.2 Å². The normalized spacial score (nSPS) is 21.6. The number of piperidine rings is 1. The summed E-state index contributed by atoms with van der Waals surface area (Å²) in [4.78, 5) is 2.45. The van der Waals surface area contributed by atoms with Gasteiger partial charge in [0.15, 0.2) is 0 Å². The van der Waals surface area contributed by atoms with E-state index in [2.05, 4.69) is 11.9 Å². The largest absolute Gasteiger partial charge is 0.494 e. The fraction of sp³-hybridized carbons (Fsp3) is 0.647. The van der Waals surface area contributed by atoms with Crippen molar-refractivity contribution in [2.45, 2.75) is 51.2 Å². The number of likely N-dealkylation sites (tertiary alicyclic amines) is 1. The van der Waals surface area contributed by atoms with Crippen molar-refractivity contribution in [2.24, 2.45) is 0 Å². The summed E-state index contributed by atoms with van der Waals surface area (Å²) in [5.41, 5.74) is 0.965. The van der Waals surface area contributed by atoms with Gasteiger partial charge in [-0.05, 0) is 57.0 Å². The zero-order valence-electron chi connectivity index (χ0n) is 12.7. The molecule has 0 spiro atoms. The van der Waals surface area contributed by atoms with Gasteiger partial charge >= 0.3 is 0 Å². The second-order valence-corrected chi connectivity index (χ2v) is 5.76. The number of benzene rings is 1. The minimum Gasteiger partial charge on any atom is -0.494 e. The quantitative estimate of drug-likeness (QED) is 0.865. The zero-order chi connectivity index (χ0) is 14.4. The molecule has 0 bridgehead atoms. The smallest absolute Gasteiger partial charge is 0.119 e. The van der Waals surface area contributed by atoms with E-state index in [0.717, 1.165) is 30.8 Å². The van der Waals surface area contributed by atoms with Crippen LogP contribution in [0.15, 0.2) is 24.3 Å². The van der Waals surface area contributed by atoms with Crippen LogP contribution in [0.4, 0.5) is 0 Å². The van der Waals surface area contributed by atoms with Gasteiger partial charge < -0.3 is 14.7 Å². The third-order valence-corrected chi connectivity index (χ3v) is 4.29. The van der Waals surface area contributed by atoms with Gasteiger partial charge in [-0.1, -0.05) is 25.5 Å². The lowest BCUT2D eigenvalue weighted by atomic mass is 10.0. The van der Waals surface area contributed by atoms with Crippen LogP contribution in [-0.2, 0) is 0 Å². The first kappa shape index (κ1) is 15.3. The molecule has 3 heteroatoms. The van der Waals surface area contributed by atoms with Gasteiger partial charge in [0.2, 0.25) is 0 Å². The van der Waals surface area contributed by atoms with Gasteiger partial charge in [0.25, 0.3) is 0 Å². The maximum Gasteiger partial charge on any atom is 0.119 e. The van der Waals surface area contributed by atoms with Gasteiger partial charge in [0.05, 0.1) is 12.7 Å². The first-order valence-electron chi connectivity index (χ1n) is 7.81. The highest BCUT2D eigenvalue weighted by molar-refractivity contribution is 5.28. The summed E-state index contributed by atoms with van der Waals surface area (Å²) in [7, 11) is 2.21. The summed E-state index contributed by atoms with van der Waals surface area (Å²) in [5, 5.41) is 9.75. The van der Waals surface area contributed by atoms with Gasteiger partial charge in [0.1, 0.15) is 5.75 Å². The number of aliphatic hydroxyl groups is 1. The minimum atomic E-state index is -0.361. The van der Waals surface area contributed by atoms with Crippen molar-refractivity contribution in [1.29, 1.82) is 0 Å². The first-order chi connectivity index (χ1) is 9.70. The van der Waals surface area contributed by atoms with Crippen LogP contribution < -0.4 is 4.74 Å². The van der Waals surface area contributed by atoms with Crippen LogP contribution in [0.25, 0.3) is 0 Å². The molecule has 0 amide bonds. The summed E-state index contributed by atoms with van der Waals surface area (Å²) in [6.45, 7) is 3.97. The monoisotopic (exact) mass is 277 g/mol. The van der Waals surface area contributed by atoms with Gasteiger partial charge in [-0.3, -0.25) is 0 Å². The van der Waals surface area contributed by atoms with Gasteiger partial charge in [-0.2, -0.15) is 0 Å². The Morgan fingerprint density at radius 2 is 2.05 bits per heavy atom. The molecule has 1 aromatic rings. The van der Waals surface area contributed by atoms with Crippen molar-refractivity contribution in [3.05, 3.63) is 29.8 Å². The van der Waals surface area contributed by atoms with E-state index in [9.17, 15) is 5.11 Å². The Hall–Kier alpha value is -1.06. The SMILES string of the molecule is CC[C@@H](O)c1ccc(OCCC2CCCCN2C)cc1. The molecule has 1 aliphatic heterocycles. The lowest BCUT2D eigenvalue weighted by Gasteiger charge is -2.32. The highest BCUT2D eigenvalue weighted by Crippen LogP contribution is 2.21. The predicted molar refractivity (Wildman–Crippen MR) is 82.1 cm³/mol. The van der Waals surface area contributed by atoms with E-state index in [1.807, 2.05) is 31.2 Å². The maximum absolute atomic E-state index is 9.75. The molecule has 1 saturated heterocycles. The average molecular weight is 277 g/mol. The predicted octanol–water partition coefficient (Wildman–Crippen LogP) is 3.38. The molecule has 0 radical (unpaired) electrons. The highest BCUT2D eigenvalue weighted by atomic mass is 16.5. The van der Waals surface area contributed by atoms with Crippen molar-refractivity contribution in [3.8, 4) is 5.75 Å². The number of hydrogen-bond donors (Lipinski definition) is 1. The van der Waals surface area contributed by atoms with Crippen LogP contribution in [0, 0.1) is 0 Å². The molecular weight excluding hydrogens is 250 g/mol. The van der Waals surface area contributed by atoms with Gasteiger partial charge in [0, 0.05) is 6.04 Å². The number of hydrogen-bond acceptors (Lipinski definition) is 3. The third-order valence-electron chi connectivity index (χ3n) is 4.29. The van der Waals surface area contributed by atoms with Crippen molar-refractivity contribution >= 4 is 0 Å². The maximum atomic E-state index is 9.75. The Morgan fingerprint density at radius 1 is 1.30 bits per heavy atom. The second kappa shape index (κ2) is 7.65. The number of nitrogens with zero attached hydrogens (tertiary/aromatic N) is 1. The van der Waals surface area contributed by atoms with E-state index in [1.165, 1.54) is 25.8 Å². The zero-order valence-corrected chi connectivity index (χ0v) is 12.7. The summed E-state index contributed by atoms with van der Waals surface area (Å²) < 4.78 is 5.82. The molecule has 0 saturated carbocycles. The molecule has 2 rings (SSSR count). The molecule has 1 aliphatic rings. The molecule has 1 aromatic carbocycles. The van der Waals surface area contributed by atoms with E-state index in [4.69, 9.17) is 4.74 Å². The fourth-order valence-corrected chi connectivity index (χ4v) is 2.84. The molecule has 2 atom stereocenters. The number of rotatable bonds is 6. The Labute approximate surface area is 122 Å². The molecule has 112 valence electrons. The lowest BCUT2D eigenvalue weighted by Crippen LogP contribution is -2.37. The van der Waals surface area contributed by atoms with Crippen molar-refractivity contribution < 1.29 is 9.84 Å². The van der Waals surface area contributed by atoms with Gasteiger partial charge in [-0.25, -0.2) is 0 Å². The average Bonchev–Trinajstić information content (AvgIpc) is 2.49. The van der Waals surface area contributed by atoms with Crippen molar-refractivity contribution in [3.63, 3.8) is 0 Å². The Bertz CT molecular complexity index is 390. The molecule has 3 nitrogen and oxygen atoms in total. The van der Waals surface area contributed by atoms with E-state index in [1.54, 1.807) is 0 Å². The molecule has 1 fully saturated rings. The highest BCUT2D eigenvalue weighted by Gasteiger charge is 2.18. The van der Waals surface area contributed by atoms with Crippen LogP contribution in [0.2, 0.25) is 0 Å². The first-order valence-corrected chi connectivity index (χ1v) is 7.81. The molecular formula is C17H27NO2. The Balaban J connectivity index is 1.76. The summed E-state index contributed by atoms with van der Waals surface area (Å²) >= 11 is 0. The molecule has 1 N–H and O–H groups in total. The molecule has 1 unspecified atom stereocenters. The molecule has 0 aromatic heterocycles. The molecule has 1 heterocycles. The van der Waals surface area contributed by atoms with E-state index in [0.29, 0.717) is 6.04 Å². The second-order valence-electron chi connectivity index (χ2n) is 5.76. The fourth-order valence-electron chi connectivity index (χ4n) is 2.84. The van der Waals surface area contributed by atoms with Crippen LogP contribution >= 0.6 is 0 Å². The number of ether oxygens (including phenoxy) is 1. The van der Waals surface area contributed by atoms with E-state index in [-0.39, 0.29) is 6.10 Å². The summed E-state index contributed by atoms with van der Waals surface area (Å²) in [5.74, 6) is 0.899. The molecule has 20 heavy (non-hydrogen) atoms. The van der Waals surface area contributed by atoms with Crippen LogP contribution in [-0.4, -0.2) is 36.2 Å². The topological polar surface area (TPSA) is 32.7 Å². The van der Waals surface area contributed by atoms with E-state index >= 15 is 0 Å². The Kier molecular flexibility index (Phi) is 5.86. The van der Waals surface area contributed by atoms with Gasteiger partial charge in [-0.15, -0.1) is 0 Å². The summed E-state index contributed by atoms with van der Waals surface area (Å²) in [6.07, 6.45) is 5.44. The third kappa shape index (κ3) is 4.22. The lowest BCUT2D eigenvalue weighted by molar-refractivity contribution is 0.153. The Morgan fingerprint density at radius 3 is 2.70 bits per heavy atom. The van der Waals surface area contributed by atoms with E-state index < -0.39 is 0 Å². The van der Waals surface area contributed by atoms with Crippen LogP contribution in [0.5, 0.6) is 5.75 Å². The summed E-state index contributed by atoms with van der Waals surface area (Å²) in [6, 6.07) is 8.49. The van der Waals surface area contributed by atoms with Crippen LogP contribution in [0.1, 0.15) is 50.7 Å². The number of aliphatic hydroxyl groups excluding tert-OH is 1. The standard InChI is InChI=1S/C17H27NO2/c1-3-17(19)14-7-9-16(10-8-14)20-13-11-15-6-4-5-12-18(15)2/h7-10,15,17,19H,3-6,11-13H2,1-2H3/t15?,17-/m1/s1. The minimum absolute atomic E-state index is 0.361. The van der Waals surface area contributed by atoms with Crippen LogP contribution in [0.3, 0.4) is 0 Å².